The maximum atomic E-state index is 12.5. The second kappa shape index (κ2) is 60.9. The number of rotatable bonds is 60. The number of amides is 1. The van der Waals surface area contributed by atoms with E-state index in [2.05, 4.69) is 43.5 Å². The van der Waals surface area contributed by atoms with Gasteiger partial charge in [-0.05, 0) is 77.0 Å². The molecule has 2 atom stereocenters. The van der Waals surface area contributed by atoms with Crippen LogP contribution in [0.15, 0.2) is 24.3 Å². The van der Waals surface area contributed by atoms with Crippen molar-refractivity contribution in [1.29, 1.82) is 0 Å². The SMILES string of the molecule is CCCCCCCC/C=C\CCCCCCCCCC(=O)OCCCCCCCCCC/C=C\CCCCCCCCCC(=O)NC(CO)C(O)CCCCCCCCCCCCCCCCCCCC. The molecule has 0 fully saturated rings. The van der Waals surface area contributed by atoms with Gasteiger partial charge in [-0.1, -0.05) is 289 Å². The molecule has 0 radical (unpaired) electrons. The highest BCUT2D eigenvalue weighted by molar-refractivity contribution is 5.76. The van der Waals surface area contributed by atoms with Crippen LogP contribution in [0.25, 0.3) is 0 Å². The second-order valence-electron chi connectivity index (χ2n) is 22.1. The first-order valence-corrected chi connectivity index (χ1v) is 32.1. The average molecular weight is 1000 g/mol. The summed E-state index contributed by atoms with van der Waals surface area (Å²) in [5, 5.41) is 23.3. The number of carbonyl (C=O) groups is 2. The van der Waals surface area contributed by atoms with Gasteiger partial charge < -0.3 is 20.3 Å². The van der Waals surface area contributed by atoms with E-state index in [1.165, 1.54) is 276 Å². The second-order valence-corrected chi connectivity index (χ2v) is 22.1. The lowest BCUT2D eigenvalue weighted by atomic mass is 10.0. The Morgan fingerprint density at radius 3 is 1.00 bits per heavy atom. The highest BCUT2D eigenvalue weighted by atomic mass is 16.5. The molecule has 420 valence electrons. The van der Waals surface area contributed by atoms with Crippen LogP contribution >= 0.6 is 0 Å². The van der Waals surface area contributed by atoms with Crippen molar-refractivity contribution in [1.82, 2.24) is 5.32 Å². The van der Waals surface area contributed by atoms with Crippen molar-refractivity contribution in [3.63, 3.8) is 0 Å². The molecule has 0 aromatic rings. The zero-order valence-electron chi connectivity index (χ0n) is 48.0. The first-order chi connectivity index (χ1) is 35.0. The Labute approximate surface area is 443 Å². The van der Waals surface area contributed by atoms with E-state index >= 15 is 0 Å². The molecule has 1 amide bonds. The molecule has 71 heavy (non-hydrogen) atoms. The lowest BCUT2D eigenvalue weighted by molar-refractivity contribution is -0.143. The van der Waals surface area contributed by atoms with Crippen LogP contribution in [0, 0.1) is 0 Å². The van der Waals surface area contributed by atoms with E-state index in [1.54, 1.807) is 0 Å². The van der Waals surface area contributed by atoms with E-state index in [9.17, 15) is 19.8 Å². The zero-order valence-corrected chi connectivity index (χ0v) is 48.0. The van der Waals surface area contributed by atoms with E-state index in [0.29, 0.717) is 25.9 Å². The number of ether oxygens (including phenoxy) is 1. The quantitative estimate of drug-likeness (QED) is 0.0320. The third-order valence-electron chi connectivity index (χ3n) is 15.0. The van der Waals surface area contributed by atoms with E-state index in [1.807, 2.05) is 0 Å². The van der Waals surface area contributed by atoms with Gasteiger partial charge in [0.1, 0.15) is 0 Å². The fourth-order valence-corrected chi connectivity index (χ4v) is 10.0. The molecule has 0 aliphatic heterocycles. The third kappa shape index (κ3) is 57.5. The Morgan fingerprint density at radius 1 is 0.380 bits per heavy atom. The van der Waals surface area contributed by atoms with Gasteiger partial charge >= 0.3 is 5.97 Å². The normalized spacial score (nSPS) is 12.7. The lowest BCUT2D eigenvalue weighted by Gasteiger charge is -2.22. The molecular formula is C65H125NO5. The summed E-state index contributed by atoms with van der Waals surface area (Å²) in [5.41, 5.74) is 0. The van der Waals surface area contributed by atoms with Gasteiger partial charge in [-0.2, -0.15) is 0 Å². The fourth-order valence-electron chi connectivity index (χ4n) is 10.0. The standard InChI is InChI=1S/C65H125NO5/c1-3-5-7-9-11-13-15-17-19-21-26-29-33-37-41-45-49-53-57-63(68)62(61-67)66-64(69)58-54-50-46-42-38-34-30-27-23-22-24-28-32-36-40-44-48-52-56-60-71-65(70)59-55-51-47-43-39-35-31-25-20-18-16-14-12-10-8-6-4-2/h18,20,22-23,62-63,67-68H,3-17,19,21,24-61H2,1-2H3,(H,66,69)/b20-18-,23-22-. The Bertz CT molecular complexity index is 1110. The van der Waals surface area contributed by atoms with Gasteiger partial charge in [0.25, 0.3) is 0 Å². The first-order valence-electron chi connectivity index (χ1n) is 32.1. The van der Waals surface area contributed by atoms with Gasteiger partial charge in [0.05, 0.1) is 25.4 Å². The Balaban J connectivity index is 3.43. The Hall–Kier alpha value is -1.66. The minimum absolute atomic E-state index is 0.00131. The predicted molar refractivity (Wildman–Crippen MR) is 310 cm³/mol. The van der Waals surface area contributed by atoms with Gasteiger partial charge in [-0.25, -0.2) is 0 Å². The fraction of sp³-hybridized carbons (Fsp3) is 0.908. The van der Waals surface area contributed by atoms with Crippen molar-refractivity contribution in [3.05, 3.63) is 24.3 Å². The van der Waals surface area contributed by atoms with Crippen LogP contribution < -0.4 is 5.32 Å². The number of aliphatic hydroxyl groups excluding tert-OH is 2. The van der Waals surface area contributed by atoms with Crippen LogP contribution in [0.2, 0.25) is 0 Å². The predicted octanol–water partition coefficient (Wildman–Crippen LogP) is 20.2. The maximum Gasteiger partial charge on any atom is 0.305 e. The van der Waals surface area contributed by atoms with E-state index in [0.717, 1.165) is 44.9 Å². The van der Waals surface area contributed by atoms with Crippen LogP contribution in [-0.4, -0.2) is 47.4 Å². The van der Waals surface area contributed by atoms with Crippen molar-refractivity contribution in [2.45, 2.75) is 366 Å². The third-order valence-corrected chi connectivity index (χ3v) is 15.0. The van der Waals surface area contributed by atoms with Crippen LogP contribution in [0.5, 0.6) is 0 Å². The first kappa shape index (κ1) is 69.3. The summed E-state index contributed by atoms with van der Waals surface area (Å²) in [6.45, 7) is 4.96. The van der Waals surface area contributed by atoms with Crippen molar-refractivity contribution < 1.29 is 24.5 Å². The number of nitrogens with one attached hydrogen (secondary N) is 1. The molecule has 0 aliphatic rings. The highest BCUT2D eigenvalue weighted by Gasteiger charge is 2.20. The smallest absolute Gasteiger partial charge is 0.305 e. The summed E-state index contributed by atoms with van der Waals surface area (Å²) < 4.78 is 5.49. The summed E-state index contributed by atoms with van der Waals surface area (Å²) in [6, 6.07) is -0.549. The molecule has 6 nitrogen and oxygen atoms in total. The van der Waals surface area contributed by atoms with Crippen LogP contribution in [0.1, 0.15) is 354 Å². The summed E-state index contributed by atoms with van der Waals surface area (Å²) in [5.74, 6) is -0.0405. The summed E-state index contributed by atoms with van der Waals surface area (Å²) in [7, 11) is 0. The minimum Gasteiger partial charge on any atom is -0.466 e. The molecule has 0 aromatic heterocycles. The average Bonchev–Trinajstić information content (AvgIpc) is 3.37. The summed E-state index contributed by atoms with van der Waals surface area (Å²) in [4.78, 5) is 24.6. The molecule has 0 saturated heterocycles. The lowest BCUT2D eigenvalue weighted by Crippen LogP contribution is -2.45. The van der Waals surface area contributed by atoms with Gasteiger partial charge in [0, 0.05) is 12.8 Å². The minimum atomic E-state index is -0.671. The molecule has 0 spiro atoms. The van der Waals surface area contributed by atoms with Crippen LogP contribution in [-0.2, 0) is 14.3 Å². The zero-order chi connectivity index (χ0) is 51.4. The number of hydrogen-bond donors (Lipinski definition) is 3. The number of unbranched alkanes of at least 4 members (excludes halogenated alkanes) is 45. The van der Waals surface area contributed by atoms with E-state index in [-0.39, 0.29) is 18.5 Å². The summed E-state index contributed by atoms with van der Waals surface area (Å²) >= 11 is 0. The molecular weight excluding hydrogens is 875 g/mol. The van der Waals surface area contributed by atoms with Gasteiger partial charge in [0.2, 0.25) is 5.91 Å². The molecule has 2 unspecified atom stereocenters. The van der Waals surface area contributed by atoms with Gasteiger partial charge in [-0.15, -0.1) is 0 Å². The largest absolute Gasteiger partial charge is 0.466 e. The van der Waals surface area contributed by atoms with Crippen molar-refractivity contribution in [2.24, 2.45) is 0 Å². The number of hydrogen-bond acceptors (Lipinski definition) is 5. The highest BCUT2D eigenvalue weighted by Crippen LogP contribution is 2.18. The maximum absolute atomic E-state index is 12.5. The topological polar surface area (TPSA) is 95.9 Å². The molecule has 0 aliphatic carbocycles. The molecule has 0 bridgehead atoms. The monoisotopic (exact) mass is 1000 g/mol. The van der Waals surface area contributed by atoms with Crippen molar-refractivity contribution >= 4 is 11.9 Å². The van der Waals surface area contributed by atoms with Crippen LogP contribution in [0.3, 0.4) is 0 Å². The number of aliphatic hydroxyl groups is 2. The number of carbonyl (C=O) groups excluding carboxylic acids is 2. The molecule has 0 saturated carbocycles. The van der Waals surface area contributed by atoms with Gasteiger partial charge in [0.15, 0.2) is 0 Å². The van der Waals surface area contributed by atoms with E-state index in [4.69, 9.17) is 4.74 Å². The van der Waals surface area contributed by atoms with Gasteiger partial charge in [-0.3, -0.25) is 9.59 Å². The molecule has 0 rings (SSSR count). The molecule has 0 aromatic carbocycles. The van der Waals surface area contributed by atoms with Crippen molar-refractivity contribution in [2.75, 3.05) is 13.2 Å². The molecule has 0 heterocycles. The van der Waals surface area contributed by atoms with E-state index < -0.39 is 12.1 Å². The number of allylic oxidation sites excluding steroid dienone is 4. The molecule has 3 N–H and O–H groups in total. The Kier molecular flexibility index (Phi) is 59.5. The Morgan fingerprint density at radius 2 is 0.662 bits per heavy atom. The van der Waals surface area contributed by atoms with Crippen molar-refractivity contribution in [3.8, 4) is 0 Å². The van der Waals surface area contributed by atoms with Crippen LogP contribution in [0.4, 0.5) is 0 Å². The number of esters is 1. The molecule has 6 heteroatoms. The summed E-state index contributed by atoms with van der Waals surface area (Å²) in [6.07, 6.45) is 74.7.